The first-order valence-electron chi connectivity index (χ1n) is 7.80. The smallest absolute Gasteiger partial charge is 0.288 e. The van der Waals surface area contributed by atoms with Gasteiger partial charge in [-0.05, 0) is 42.7 Å². The predicted molar refractivity (Wildman–Crippen MR) is 90.8 cm³/mol. The van der Waals surface area contributed by atoms with E-state index >= 15 is 0 Å². The lowest BCUT2D eigenvalue weighted by Gasteiger charge is -2.12. The highest BCUT2D eigenvalue weighted by Gasteiger charge is 2.30. The minimum Gasteiger partial charge on any atom is -0.288 e. The van der Waals surface area contributed by atoms with Crippen LogP contribution in [0.15, 0.2) is 41.3 Å². The molecule has 6 nitrogen and oxygen atoms in total. The summed E-state index contributed by atoms with van der Waals surface area (Å²) in [6.07, 6.45) is 0.479. The van der Waals surface area contributed by atoms with Gasteiger partial charge in [0.15, 0.2) is 0 Å². The van der Waals surface area contributed by atoms with Gasteiger partial charge in [-0.15, -0.1) is 0 Å². The second-order valence-electron chi connectivity index (χ2n) is 5.79. The van der Waals surface area contributed by atoms with E-state index in [1.54, 1.807) is 18.2 Å². The minimum absolute atomic E-state index is 0.0743. The van der Waals surface area contributed by atoms with Crippen molar-refractivity contribution in [3.63, 3.8) is 0 Å². The van der Waals surface area contributed by atoms with Gasteiger partial charge in [0.25, 0.3) is 21.9 Å². The van der Waals surface area contributed by atoms with E-state index in [9.17, 15) is 18.0 Å². The van der Waals surface area contributed by atoms with Crippen molar-refractivity contribution in [3.8, 4) is 0 Å². The first-order chi connectivity index (χ1) is 11.8. The Morgan fingerprint density at radius 2 is 1.68 bits per heavy atom. The number of rotatable bonds is 5. The summed E-state index contributed by atoms with van der Waals surface area (Å²) in [5.41, 5.74) is 2.76. The number of benzene rings is 2. The highest BCUT2D eigenvalue weighted by molar-refractivity contribution is 7.86. The van der Waals surface area contributed by atoms with Crippen LogP contribution in [0.4, 0.5) is 0 Å². The van der Waals surface area contributed by atoms with Crippen molar-refractivity contribution < 1.29 is 22.2 Å². The molecule has 0 fully saturated rings. The Morgan fingerprint density at radius 3 is 2.32 bits per heavy atom. The summed E-state index contributed by atoms with van der Waals surface area (Å²) in [6.45, 7) is 3.50. The summed E-state index contributed by atoms with van der Waals surface area (Å²) in [5, 5.41) is 2.25. The molecule has 0 bridgehead atoms. The fourth-order valence-electron chi connectivity index (χ4n) is 2.83. The largest absolute Gasteiger partial charge is 0.297 e. The third-order valence-corrected chi connectivity index (χ3v) is 5.42. The molecule has 0 atom stereocenters. The first-order valence-corrected chi connectivity index (χ1v) is 9.21. The van der Waals surface area contributed by atoms with Crippen LogP contribution in [-0.4, -0.2) is 20.2 Å². The predicted octanol–water partition coefficient (Wildman–Crippen LogP) is 2.35. The molecule has 0 saturated heterocycles. The Balaban J connectivity index is 1.89. The number of nitrogens with one attached hydrogen (secondary N) is 1. The quantitative estimate of drug-likeness (QED) is 0.654. The first kappa shape index (κ1) is 17.3. The highest BCUT2D eigenvalue weighted by atomic mass is 32.2. The lowest BCUT2D eigenvalue weighted by molar-refractivity contribution is 0.0879. The Bertz CT molecular complexity index is 962. The molecule has 130 valence electrons. The second-order valence-corrected chi connectivity index (χ2v) is 7.41. The van der Waals surface area contributed by atoms with Crippen molar-refractivity contribution in [2.75, 3.05) is 0 Å². The number of amides is 2. The summed E-state index contributed by atoms with van der Waals surface area (Å²) in [4.78, 5) is 23.8. The summed E-state index contributed by atoms with van der Waals surface area (Å²) < 4.78 is 29.8. The average molecular weight is 359 g/mol. The van der Waals surface area contributed by atoms with Crippen LogP contribution in [-0.2, 0) is 27.3 Å². The number of imide groups is 1. The normalized spacial score (nSPS) is 13.7. The van der Waals surface area contributed by atoms with E-state index < -0.39 is 21.9 Å². The SMILES string of the molecule is CCc1c(COS(=O)(=O)c2ccc(C)cc2)ccc2c1C(=O)NC2=O. The molecule has 1 heterocycles. The van der Waals surface area contributed by atoms with Crippen molar-refractivity contribution in [3.05, 3.63) is 64.2 Å². The van der Waals surface area contributed by atoms with Crippen LogP contribution in [0.25, 0.3) is 0 Å². The van der Waals surface area contributed by atoms with Gasteiger partial charge in [0.2, 0.25) is 0 Å². The van der Waals surface area contributed by atoms with Gasteiger partial charge < -0.3 is 0 Å². The van der Waals surface area contributed by atoms with Gasteiger partial charge in [-0.2, -0.15) is 8.42 Å². The summed E-state index contributed by atoms with van der Waals surface area (Å²) >= 11 is 0. The van der Waals surface area contributed by atoms with E-state index in [2.05, 4.69) is 5.32 Å². The number of hydrogen-bond acceptors (Lipinski definition) is 5. The second kappa shape index (κ2) is 6.42. The molecule has 7 heteroatoms. The van der Waals surface area contributed by atoms with Crippen LogP contribution < -0.4 is 5.32 Å². The molecule has 0 unspecified atom stereocenters. The Kier molecular flexibility index (Phi) is 4.45. The van der Waals surface area contributed by atoms with Gasteiger partial charge in [-0.1, -0.05) is 30.7 Å². The molecule has 2 aromatic carbocycles. The maximum absolute atomic E-state index is 12.3. The number of hydrogen-bond donors (Lipinski definition) is 1. The molecule has 0 saturated carbocycles. The molecule has 1 aliphatic heterocycles. The minimum atomic E-state index is -3.91. The molecule has 0 spiro atoms. The molecular formula is C18H17NO5S. The topological polar surface area (TPSA) is 89.5 Å². The molecule has 25 heavy (non-hydrogen) atoms. The van der Waals surface area contributed by atoms with Gasteiger partial charge >= 0.3 is 0 Å². The lowest BCUT2D eigenvalue weighted by Crippen LogP contribution is -2.20. The lowest BCUT2D eigenvalue weighted by atomic mass is 9.96. The molecule has 2 aromatic rings. The number of fused-ring (bicyclic) bond motifs is 1. The Morgan fingerprint density at radius 1 is 1.00 bits per heavy atom. The molecule has 1 N–H and O–H groups in total. The van der Waals surface area contributed by atoms with Crippen molar-refractivity contribution in [1.29, 1.82) is 0 Å². The number of aryl methyl sites for hydroxylation is 1. The van der Waals surface area contributed by atoms with Crippen LogP contribution in [0.2, 0.25) is 0 Å². The van der Waals surface area contributed by atoms with Crippen LogP contribution in [0, 0.1) is 6.92 Å². The van der Waals surface area contributed by atoms with E-state index in [1.807, 2.05) is 13.8 Å². The van der Waals surface area contributed by atoms with E-state index in [-0.39, 0.29) is 11.5 Å². The van der Waals surface area contributed by atoms with Gasteiger partial charge in [-0.3, -0.25) is 19.1 Å². The van der Waals surface area contributed by atoms with Crippen LogP contribution in [0.3, 0.4) is 0 Å². The zero-order valence-corrected chi connectivity index (χ0v) is 14.6. The molecule has 0 aliphatic carbocycles. The van der Waals surface area contributed by atoms with Crippen LogP contribution >= 0.6 is 0 Å². The van der Waals surface area contributed by atoms with Crippen molar-refractivity contribution >= 4 is 21.9 Å². The van der Waals surface area contributed by atoms with E-state index in [4.69, 9.17) is 4.18 Å². The van der Waals surface area contributed by atoms with E-state index in [1.165, 1.54) is 18.2 Å². The highest BCUT2D eigenvalue weighted by Crippen LogP contribution is 2.26. The summed E-state index contributed by atoms with van der Waals surface area (Å²) in [5.74, 6) is -0.894. The molecular weight excluding hydrogens is 342 g/mol. The maximum Gasteiger partial charge on any atom is 0.297 e. The van der Waals surface area contributed by atoms with Crippen molar-refractivity contribution in [2.24, 2.45) is 0 Å². The molecule has 0 radical (unpaired) electrons. The number of carbonyl (C=O) groups is 2. The molecule has 3 rings (SSSR count). The molecule has 1 aliphatic rings. The van der Waals surface area contributed by atoms with Crippen molar-refractivity contribution in [2.45, 2.75) is 31.8 Å². The summed E-state index contributed by atoms with van der Waals surface area (Å²) in [7, 11) is -3.91. The average Bonchev–Trinajstić information content (AvgIpc) is 2.87. The van der Waals surface area contributed by atoms with Gasteiger partial charge in [0.05, 0.1) is 22.6 Å². The van der Waals surface area contributed by atoms with Gasteiger partial charge in [0, 0.05) is 0 Å². The van der Waals surface area contributed by atoms with Gasteiger partial charge in [-0.25, -0.2) is 0 Å². The molecule has 2 amide bonds. The summed E-state index contributed by atoms with van der Waals surface area (Å²) in [6, 6.07) is 9.50. The molecule has 0 aromatic heterocycles. The maximum atomic E-state index is 12.3. The van der Waals surface area contributed by atoms with Crippen LogP contribution in [0.1, 0.15) is 44.3 Å². The zero-order valence-electron chi connectivity index (χ0n) is 13.8. The number of carbonyl (C=O) groups excluding carboxylic acids is 2. The van der Waals surface area contributed by atoms with Gasteiger partial charge in [0.1, 0.15) is 0 Å². The van der Waals surface area contributed by atoms with Crippen LogP contribution in [0.5, 0.6) is 0 Å². The Labute approximate surface area is 145 Å². The zero-order chi connectivity index (χ0) is 18.2. The monoisotopic (exact) mass is 359 g/mol. The fourth-order valence-corrected chi connectivity index (χ4v) is 3.71. The Hall–Kier alpha value is -2.51. The third-order valence-electron chi connectivity index (χ3n) is 4.14. The fraction of sp³-hybridized carbons (Fsp3) is 0.222. The van der Waals surface area contributed by atoms with E-state index in [0.717, 1.165) is 5.56 Å². The van der Waals surface area contributed by atoms with E-state index in [0.29, 0.717) is 28.7 Å². The standard InChI is InChI=1S/C18H17NO5S/c1-3-14-12(6-9-15-16(14)18(21)19-17(15)20)10-24-25(22,23)13-7-4-11(2)5-8-13/h4-9H,3,10H2,1-2H3,(H,19,20,21). The third kappa shape index (κ3) is 3.20. The van der Waals surface area contributed by atoms with Crippen molar-refractivity contribution in [1.82, 2.24) is 5.32 Å².